The number of alkyl halides is 1. The van der Waals surface area contributed by atoms with E-state index >= 15 is 8.78 Å². The summed E-state index contributed by atoms with van der Waals surface area (Å²) in [5.74, 6) is -1.67. The third kappa shape index (κ3) is 6.51. The molecule has 0 saturated carbocycles. The smallest absolute Gasteiger partial charge is 0.420 e. The van der Waals surface area contributed by atoms with E-state index in [-0.39, 0.29) is 36.5 Å². The molecule has 1 aliphatic rings. The number of hydrogen-bond acceptors (Lipinski definition) is 10. The maximum absolute atomic E-state index is 16.3. The zero-order valence-corrected chi connectivity index (χ0v) is 29.5. The number of hydrogen-bond donors (Lipinski definition) is 0. The molecule has 1 aliphatic heterocycles. The summed E-state index contributed by atoms with van der Waals surface area (Å²) in [5, 5.41) is 3.78. The molecular weight excluding hydrogens is 690 g/mol. The summed E-state index contributed by atoms with van der Waals surface area (Å²) in [6.45, 7) is 5.87. The summed E-state index contributed by atoms with van der Waals surface area (Å²) in [5.41, 5.74) is -2.35. The van der Waals surface area contributed by atoms with Crippen LogP contribution in [0.3, 0.4) is 0 Å². The van der Waals surface area contributed by atoms with Gasteiger partial charge in [0.1, 0.15) is 28.3 Å². The molecule has 1 atom stereocenters. The topological polar surface area (TPSA) is 147 Å². The molecule has 51 heavy (non-hydrogen) atoms. The third-order valence-corrected chi connectivity index (χ3v) is 10.3. The molecule has 0 radical (unpaired) electrons. The van der Waals surface area contributed by atoms with Crippen LogP contribution in [0.5, 0.6) is 11.5 Å². The average Bonchev–Trinajstić information content (AvgIpc) is 3.72. The molecule has 0 N–H and O–H groups in total. The number of carbonyl (C=O) groups is 1. The van der Waals surface area contributed by atoms with Crippen LogP contribution in [-0.2, 0) is 27.0 Å². The van der Waals surface area contributed by atoms with Crippen LogP contribution in [0.15, 0.2) is 85.6 Å². The number of benzene rings is 3. The highest BCUT2D eigenvalue weighted by Crippen LogP contribution is 2.41. The van der Waals surface area contributed by atoms with E-state index < -0.39 is 55.5 Å². The highest BCUT2D eigenvalue weighted by molar-refractivity contribution is 7.92. The Balaban J connectivity index is 1.35. The number of sulfonamides is 1. The first-order valence-electron chi connectivity index (χ1n) is 15.8. The van der Waals surface area contributed by atoms with Crippen LogP contribution in [0.25, 0.3) is 11.1 Å². The van der Waals surface area contributed by atoms with Crippen LogP contribution in [0.4, 0.5) is 19.4 Å². The molecule has 1 unspecified atom stereocenters. The van der Waals surface area contributed by atoms with E-state index in [1.165, 1.54) is 37.5 Å². The lowest BCUT2D eigenvalue weighted by atomic mass is 9.83. The van der Waals surface area contributed by atoms with Crippen molar-refractivity contribution in [2.45, 2.75) is 56.4 Å². The van der Waals surface area contributed by atoms with Gasteiger partial charge < -0.3 is 28.1 Å². The molecule has 3 aromatic carbocycles. The van der Waals surface area contributed by atoms with Crippen molar-refractivity contribution in [3.8, 4) is 11.5 Å². The quantitative estimate of drug-likeness (QED) is 0.164. The molecule has 270 valence electrons. The van der Waals surface area contributed by atoms with Crippen LogP contribution < -0.4 is 19.5 Å². The number of anilines is 1. The number of carbonyl (C=O) groups excluding carboxylic acids is 1. The summed E-state index contributed by atoms with van der Waals surface area (Å²) in [7, 11) is -1.84. The summed E-state index contributed by atoms with van der Waals surface area (Å²) in [6.07, 6.45) is 0.520. The lowest BCUT2D eigenvalue weighted by molar-refractivity contribution is -0.0542. The molecule has 13 nitrogen and oxygen atoms in total. The predicted molar refractivity (Wildman–Crippen MR) is 181 cm³/mol. The molecule has 0 spiro atoms. The number of rotatable bonds is 10. The SMILES string of the molecule is COc1ccc(CN(c2ccon2)S(=O)(=O)c2ccc3c(oc(=O)n3C(C)c3ccccc3C3(F)CN(C(=O)OC(C)(C)C)C3)c2F)c(OC)c1. The number of halogens is 2. The van der Waals surface area contributed by atoms with E-state index in [0.717, 1.165) is 14.9 Å². The highest BCUT2D eigenvalue weighted by atomic mass is 32.2. The van der Waals surface area contributed by atoms with E-state index in [0.29, 0.717) is 22.6 Å². The molecule has 0 aliphatic carbocycles. The summed E-state index contributed by atoms with van der Waals surface area (Å²) >= 11 is 0. The van der Waals surface area contributed by atoms with E-state index in [4.69, 9.17) is 23.2 Å². The van der Waals surface area contributed by atoms with Crippen molar-refractivity contribution in [2.24, 2.45) is 0 Å². The largest absolute Gasteiger partial charge is 0.497 e. The lowest BCUT2D eigenvalue weighted by Gasteiger charge is -2.45. The fourth-order valence-electron chi connectivity index (χ4n) is 6.09. The van der Waals surface area contributed by atoms with Crippen molar-refractivity contribution in [3.63, 3.8) is 0 Å². The standard InChI is InChI=1S/C35H36F2N4O9S/c1-21(24-9-7-8-10-25(24)35(37)19-39(20-35)32(42)50-34(2,3)4)41-26-13-14-28(30(36)31(26)49-33(41)43)51(44,45)40(29-15-16-48-38-29)18-22-11-12-23(46-5)17-27(22)47-6/h7-17,21H,18-20H2,1-6H3. The van der Waals surface area contributed by atoms with Gasteiger partial charge in [0.05, 0.1) is 45.4 Å². The second-order valence-electron chi connectivity index (χ2n) is 13.1. The van der Waals surface area contributed by atoms with Gasteiger partial charge in [-0.15, -0.1) is 0 Å². The van der Waals surface area contributed by atoms with Crippen molar-refractivity contribution in [1.29, 1.82) is 0 Å². The lowest BCUT2D eigenvalue weighted by Crippen LogP contribution is -2.60. The molecule has 0 bridgehead atoms. The van der Waals surface area contributed by atoms with E-state index in [1.54, 1.807) is 70.2 Å². The molecule has 5 aromatic rings. The Bertz CT molecular complexity index is 2260. The Morgan fingerprint density at radius 3 is 2.45 bits per heavy atom. The highest BCUT2D eigenvalue weighted by Gasteiger charge is 2.50. The number of aromatic nitrogens is 2. The second-order valence-corrected chi connectivity index (χ2v) is 14.9. The first-order valence-corrected chi connectivity index (χ1v) is 17.3. The van der Waals surface area contributed by atoms with Crippen LogP contribution >= 0.6 is 0 Å². The van der Waals surface area contributed by atoms with Gasteiger partial charge in [-0.05, 0) is 63.1 Å². The monoisotopic (exact) mass is 726 g/mol. The van der Waals surface area contributed by atoms with Gasteiger partial charge in [0.25, 0.3) is 10.0 Å². The Kier molecular flexibility index (Phi) is 9.08. The maximum atomic E-state index is 16.3. The van der Waals surface area contributed by atoms with Gasteiger partial charge in [0, 0.05) is 17.7 Å². The van der Waals surface area contributed by atoms with Crippen molar-refractivity contribution < 1.29 is 45.1 Å². The minimum absolute atomic E-state index is 0.0551. The number of likely N-dealkylation sites (tertiary alicyclic amines) is 1. The van der Waals surface area contributed by atoms with E-state index in [1.807, 2.05) is 0 Å². The second kappa shape index (κ2) is 13.1. The maximum Gasteiger partial charge on any atom is 0.420 e. The van der Waals surface area contributed by atoms with Crippen LogP contribution in [0, 0.1) is 5.82 Å². The van der Waals surface area contributed by atoms with Gasteiger partial charge in [-0.2, -0.15) is 0 Å². The molecular formula is C35H36F2N4O9S. The van der Waals surface area contributed by atoms with Crippen molar-refractivity contribution in [2.75, 3.05) is 31.6 Å². The van der Waals surface area contributed by atoms with Gasteiger partial charge in [0.15, 0.2) is 22.9 Å². The molecule has 16 heteroatoms. The Morgan fingerprint density at radius 2 is 1.80 bits per heavy atom. The van der Waals surface area contributed by atoms with Gasteiger partial charge in [0.2, 0.25) is 0 Å². The minimum Gasteiger partial charge on any atom is -0.497 e. The van der Waals surface area contributed by atoms with E-state index in [9.17, 15) is 18.0 Å². The third-order valence-electron chi connectivity index (χ3n) is 8.56. The fraction of sp³-hybridized carbons (Fsp3) is 0.343. The first kappa shape index (κ1) is 35.4. The zero-order valence-electron chi connectivity index (χ0n) is 28.7. The average molecular weight is 727 g/mol. The van der Waals surface area contributed by atoms with Crippen LogP contribution in [0.1, 0.15) is 50.4 Å². The molecule has 2 aromatic heterocycles. The van der Waals surface area contributed by atoms with Crippen LogP contribution in [-0.4, -0.2) is 62.0 Å². The number of methoxy groups -OCH3 is 2. The van der Waals surface area contributed by atoms with Crippen molar-refractivity contribution in [1.82, 2.24) is 14.6 Å². The van der Waals surface area contributed by atoms with Gasteiger partial charge in [-0.3, -0.25) is 4.57 Å². The molecule has 1 saturated heterocycles. The summed E-state index contributed by atoms with van der Waals surface area (Å²) < 4.78 is 89.2. The Hall–Kier alpha value is -5.38. The Morgan fingerprint density at radius 1 is 1.08 bits per heavy atom. The van der Waals surface area contributed by atoms with Crippen molar-refractivity contribution >= 4 is 33.0 Å². The molecule has 1 amide bonds. The van der Waals surface area contributed by atoms with Crippen LogP contribution in [0.2, 0.25) is 0 Å². The zero-order chi connectivity index (χ0) is 36.9. The summed E-state index contributed by atoms with van der Waals surface area (Å²) in [4.78, 5) is 26.3. The minimum atomic E-state index is -4.72. The normalized spacial score (nSPS) is 14.9. The number of fused-ring (bicyclic) bond motifs is 1. The molecule has 3 heterocycles. The predicted octanol–water partition coefficient (Wildman–Crippen LogP) is 6.16. The first-order chi connectivity index (χ1) is 24.1. The number of nitrogens with zero attached hydrogens (tertiary/aromatic N) is 4. The summed E-state index contributed by atoms with van der Waals surface area (Å²) in [6, 6.07) is 13.9. The molecule has 1 fully saturated rings. The van der Waals surface area contributed by atoms with E-state index in [2.05, 4.69) is 5.16 Å². The van der Waals surface area contributed by atoms with Gasteiger partial charge >= 0.3 is 11.8 Å². The number of amides is 1. The van der Waals surface area contributed by atoms with Gasteiger partial charge in [-0.1, -0.05) is 29.4 Å². The Labute approximate surface area is 291 Å². The fourth-order valence-corrected chi connectivity index (χ4v) is 7.53. The van der Waals surface area contributed by atoms with Crippen molar-refractivity contribution in [3.05, 3.63) is 100.0 Å². The number of oxazole rings is 1. The van der Waals surface area contributed by atoms with Gasteiger partial charge in [-0.25, -0.2) is 31.1 Å². The number of ether oxygens (including phenoxy) is 3. The molecule has 6 rings (SSSR count).